The fourth-order valence-electron chi connectivity index (χ4n) is 1.84. The number of nitrogens with zero attached hydrogens (tertiary/aromatic N) is 1. The number of carboxylic acid groups (broad SMARTS) is 1. The molecule has 0 aromatic carbocycles. The molecular weight excluding hydrogens is 224 g/mol. The summed E-state index contributed by atoms with van der Waals surface area (Å²) in [6, 6.07) is 3.89. The second-order valence-corrected chi connectivity index (χ2v) is 4.81. The third kappa shape index (κ3) is 1.53. The van der Waals surface area contributed by atoms with Gasteiger partial charge in [-0.3, -0.25) is 4.79 Å². The molecule has 82 valence electrons. The predicted molar refractivity (Wildman–Crippen MR) is 60.4 cm³/mol. The van der Waals surface area contributed by atoms with E-state index in [0.717, 1.165) is 22.8 Å². The van der Waals surface area contributed by atoms with E-state index in [-0.39, 0.29) is 11.8 Å². The minimum Gasteiger partial charge on any atom is -0.481 e. The van der Waals surface area contributed by atoms with Crippen molar-refractivity contribution in [3.8, 4) is 10.7 Å². The van der Waals surface area contributed by atoms with E-state index >= 15 is 0 Å². The van der Waals surface area contributed by atoms with E-state index in [2.05, 4.69) is 9.97 Å². The number of aliphatic carboxylic acids is 1. The van der Waals surface area contributed by atoms with Gasteiger partial charge in [0.1, 0.15) is 5.01 Å². The number of hydrogen-bond acceptors (Lipinski definition) is 3. The van der Waals surface area contributed by atoms with E-state index in [1.807, 2.05) is 23.7 Å². The van der Waals surface area contributed by atoms with Gasteiger partial charge in [-0.1, -0.05) is 0 Å². The number of aromatic nitrogens is 2. The molecular formula is C11H10N2O2S. The fourth-order valence-corrected chi connectivity index (χ4v) is 2.71. The molecule has 2 unspecified atom stereocenters. The van der Waals surface area contributed by atoms with Gasteiger partial charge < -0.3 is 10.1 Å². The van der Waals surface area contributed by atoms with Crippen LogP contribution in [0.4, 0.5) is 0 Å². The predicted octanol–water partition coefficient (Wildman–Crippen LogP) is 2.33. The molecule has 1 fully saturated rings. The zero-order valence-electron chi connectivity index (χ0n) is 8.38. The number of hydrogen-bond donors (Lipinski definition) is 2. The van der Waals surface area contributed by atoms with Crippen LogP contribution >= 0.6 is 11.3 Å². The molecule has 2 aromatic heterocycles. The first kappa shape index (κ1) is 9.59. The quantitative estimate of drug-likeness (QED) is 0.856. The van der Waals surface area contributed by atoms with Crippen LogP contribution in [0.3, 0.4) is 0 Å². The number of nitrogens with one attached hydrogen (secondary N) is 1. The summed E-state index contributed by atoms with van der Waals surface area (Å²) in [6.07, 6.45) is 2.58. The van der Waals surface area contributed by atoms with E-state index in [1.54, 1.807) is 11.3 Å². The summed E-state index contributed by atoms with van der Waals surface area (Å²) in [5.74, 6) is -0.810. The van der Waals surface area contributed by atoms with Gasteiger partial charge in [-0.25, -0.2) is 4.98 Å². The maximum Gasteiger partial charge on any atom is 0.307 e. The summed E-state index contributed by atoms with van der Waals surface area (Å²) in [6.45, 7) is 0. The third-order valence-electron chi connectivity index (χ3n) is 2.84. The molecule has 2 atom stereocenters. The second kappa shape index (κ2) is 3.45. The van der Waals surface area contributed by atoms with Crippen molar-refractivity contribution >= 4 is 17.3 Å². The highest BCUT2D eigenvalue weighted by molar-refractivity contribution is 7.13. The number of H-pyrrole nitrogens is 1. The van der Waals surface area contributed by atoms with E-state index in [4.69, 9.17) is 5.11 Å². The van der Waals surface area contributed by atoms with Crippen LogP contribution in [-0.4, -0.2) is 21.0 Å². The molecule has 4 nitrogen and oxygen atoms in total. The number of carboxylic acids is 1. The summed E-state index contributed by atoms with van der Waals surface area (Å²) in [5.41, 5.74) is 1.91. The van der Waals surface area contributed by atoms with Crippen molar-refractivity contribution in [2.75, 3.05) is 0 Å². The zero-order valence-corrected chi connectivity index (χ0v) is 9.20. The first-order valence-electron chi connectivity index (χ1n) is 5.07. The average molecular weight is 234 g/mol. The maximum absolute atomic E-state index is 10.8. The molecule has 0 aliphatic heterocycles. The smallest absolute Gasteiger partial charge is 0.307 e. The molecule has 1 aliphatic rings. The summed E-state index contributed by atoms with van der Waals surface area (Å²) < 4.78 is 0. The molecule has 0 saturated heterocycles. The molecule has 1 saturated carbocycles. The van der Waals surface area contributed by atoms with Gasteiger partial charge in [-0.2, -0.15) is 0 Å². The topological polar surface area (TPSA) is 66.0 Å². The molecule has 0 radical (unpaired) electrons. The second-order valence-electron chi connectivity index (χ2n) is 3.95. The first-order chi connectivity index (χ1) is 7.75. The van der Waals surface area contributed by atoms with Crippen molar-refractivity contribution in [2.24, 2.45) is 5.92 Å². The summed E-state index contributed by atoms with van der Waals surface area (Å²) in [5, 5.41) is 11.7. The molecule has 5 heteroatoms. The van der Waals surface area contributed by atoms with Gasteiger partial charge in [0.2, 0.25) is 0 Å². The standard InChI is InChI=1S/C11H10N2O2S/c14-11(15)7-4-6(7)9-5-16-10(13-9)8-2-1-3-12-8/h1-3,5-7,12H,4H2,(H,14,15). The average Bonchev–Trinajstić information content (AvgIpc) is 2.72. The molecule has 0 amide bonds. The van der Waals surface area contributed by atoms with Gasteiger partial charge in [0.15, 0.2) is 0 Å². The Morgan fingerprint density at radius 1 is 1.62 bits per heavy atom. The van der Waals surface area contributed by atoms with Crippen molar-refractivity contribution in [1.82, 2.24) is 9.97 Å². The lowest BCUT2D eigenvalue weighted by atomic mass is 10.2. The number of thiazole rings is 1. The molecule has 1 aliphatic carbocycles. The van der Waals surface area contributed by atoms with Crippen LogP contribution in [0.15, 0.2) is 23.7 Å². The highest BCUT2D eigenvalue weighted by Crippen LogP contribution is 2.48. The van der Waals surface area contributed by atoms with Gasteiger partial charge in [0, 0.05) is 17.5 Å². The molecule has 0 spiro atoms. The van der Waals surface area contributed by atoms with Crippen molar-refractivity contribution in [3.63, 3.8) is 0 Å². The first-order valence-corrected chi connectivity index (χ1v) is 5.95. The van der Waals surface area contributed by atoms with Gasteiger partial charge in [0.05, 0.1) is 17.3 Å². The maximum atomic E-state index is 10.8. The Hall–Kier alpha value is -1.62. The Kier molecular flexibility index (Phi) is 2.07. The van der Waals surface area contributed by atoms with Crippen molar-refractivity contribution in [1.29, 1.82) is 0 Å². The Morgan fingerprint density at radius 2 is 2.50 bits per heavy atom. The van der Waals surface area contributed by atoms with Crippen LogP contribution in [0.2, 0.25) is 0 Å². The molecule has 2 N–H and O–H groups in total. The minimum absolute atomic E-state index is 0.123. The number of carbonyl (C=O) groups is 1. The van der Waals surface area contributed by atoms with Crippen LogP contribution in [0.5, 0.6) is 0 Å². The van der Waals surface area contributed by atoms with Crippen molar-refractivity contribution < 1.29 is 9.90 Å². The van der Waals surface area contributed by atoms with E-state index in [0.29, 0.717) is 0 Å². The summed E-state index contributed by atoms with van der Waals surface area (Å²) >= 11 is 1.55. The molecule has 16 heavy (non-hydrogen) atoms. The monoisotopic (exact) mass is 234 g/mol. The molecule has 0 bridgehead atoms. The lowest BCUT2D eigenvalue weighted by molar-refractivity contribution is -0.138. The number of rotatable bonds is 3. The van der Waals surface area contributed by atoms with E-state index in [9.17, 15) is 4.79 Å². The van der Waals surface area contributed by atoms with E-state index in [1.165, 1.54) is 0 Å². The number of aromatic amines is 1. The van der Waals surface area contributed by atoms with Crippen LogP contribution in [-0.2, 0) is 4.79 Å². The van der Waals surface area contributed by atoms with E-state index < -0.39 is 5.97 Å². The minimum atomic E-state index is -0.709. The van der Waals surface area contributed by atoms with Gasteiger partial charge in [0.25, 0.3) is 0 Å². The van der Waals surface area contributed by atoms with Gasteiger partial charge in [-0.05, 0) is 18.6 Å². The molecule has 2 heterocycles. The Labute approximate surface area is 96.0 Å². The Morgan fingerprint density at radius 3 is 3.12 bits per heavy atom. The van der Waals surface area contributed by atoms with Crippen LogP contribution in [0.1, 0.15) is 18.0 Å². The summed E-state index contributed by atoms with van der Waals surface area (Å²) in [4.78, 5) is 18.3. The normalized spacial score (nSPS) is 23.2. The highest BCUT2D eigenvalue weighted by atomic mass is 32.1. The highest BCUT2D eigenvalue weighted by Gasteiger charge is 2.45. The third-order valence-corrected chi connectivity index (χ3v) is 3.73. The SMILES string of the molecule is O=C(O)C1CC1c1csc(-c2ccc[nH]2)n1. The lowest BCUT2D eigenvalue weighted by Crippen LogP contribution is -1.98. The van der Waals surface area contributed by atoms with Crippen LogP contribution in [0.25, 0.3) is 10.7 Å². The molecule has 2 aromatic rings. The van der Waals surface area contributed by atoms with Gasteiger partial charge >= 0.3 is 5.97 Å². The molecule has 3 rings (SSSR count). The van der Waals surface area contributed by atoms with Gasteiger partial charge in [-0.15, -0.1) is 11.3 Å². The van der Waals surface area contributed by atoms with Crippen LogP contribution in [0, 0.1) is 5.92 Å². The zero-order chi connectivity index (χ0) is 11.1. The fraction of sp³-hybridized carbons (Fsp3) is 0.273. The van der Waals surface area contributed by atoms with Crippen LogP contribution < -0.4 is 0 Å². The van der Waals surface area contributed by atoms with Crippen molar-refractivity contribution in [3.05, 3.63) is 29.4 Å². The van der Waals surface area contributed by atoms with Crippen molar-refractivity contribution in [2.45, 2.75) is 12.3 Å². The Balaban J connectivity index is 1.82. The lowest BCUT2D eigenvalue weighted by Gasteiger charge is -1.91. The Bertz CT molecular complexity index is 518. The largest absolute Gasteiger partial charge is 0.481 e. The summed E-state index contributed by atoms with van der Waals surface area (Å²) in [7, 11) is 0.